The molecule has 0 aromatic carbocycles. The Bertz CT molecular complexity index is 299. The molecule has 2 aliphatic carbocycles. The smallest absolute Gasteiger partial charge is 0.307 e. The van der Waals surface area contributed by atoms with Crippen molar-refractivity contribution in [1.82, 2.24) is 5.32 Å². The predicted molar refractivity (Wildman–Crippen MR) is 58.8 cm³/mol. The number of aliphatic carboxylic acids is 1. The van der Waals surface area contributed by atoms with E-state index in [0.717, 1.165) is 12.8 Å². The van der Waals surface area contributed by atoms with Gasteiger partial charge in [0.2, 0.25) is 5.91 Å². The van der Waals surface area contributed by atoms with E-state index in [9.17, 15) is 9.59 Å². The Morgan fingerprint density at radius 2 is 1.81 bits per heavy atom. The number of carbonyl (C=O) groups excluding carboxylic acids is 1. The molecule has 0 saturated heterocycles. The van der Waals surface area contributed by atoms with Gasteiger partial charge >= 0.3 is 5.97 Å². The third kappa shape index (κ3) is 2.36. The van der Waals surface area contributed by atoms with Crippen molar-refractivity contribution in [1.29, 1.82) is 0 Å². The maximum atomic E-state index is 11.9. The number of carboxylic acids is 1. The third-order valence-corrected chi connectivity index (χ3v) is 3.87. The van der Waals surface area contributed by atoms with Crippen LogP contribution >= 0.6 is 0 Å². The second-order valence-electron chi connectivity index (χ2n) is 5.12. The van der Waals surface area contributed by atoms with Crippen molar-refractivity contribution in [2.45, 2.75) is 45.1 Å². The van der Waals surface area contributed by atoms with E-state index in [1.54, 1.807) is 0 Å². The molecule has 0 heterocycles. The largest absolute Gasteiger partial charge is 0.481 e. The van der Waals surface area contributed by atoms with E-state index in [2.05, 4.69) is 5.32 Å². The van der Waals surface area contributed by atoms with Crippen LogP contribution < -0.4 is 5.32 Å². The number of hydrogen-bond donors (Lipinski definition) is 2. The van der Waals surface area contributed by atoms with Crippen molar-refractivity contribution in [3.8, 4) is 0 Å². The second kappa shape index (κ2) is 4.44. The van der Waals surface area contributed by atoms with Crippen molar-refractivity contribution >= 4 is 11.9 Å². The molecule has 2 aliphatic rings. The van der Waals surface area contributed by atoms with Gasteiger partial charge in [0, 0.05) is 6.04 Å². The van der Waals surface area contributed by atoms with Crippen LogP contribution in [0.5, 0.6) is 0 Å². The topological polar surface area (TPSA) is 66.4 Å². The Balaban J connectivity index is 1.90. The van der Waals surface area contributed by atoms with Crippen molar-refractivity contribution < 1.29 is 14.7 Å². The fraction of sp³-hybridized carbons (Fsp3) is 0.833. The summed E-state index contributed by atoms with van der Waals surface area (Å²) in [4.78, 5) is 22.9. The van der Waals surface area contributed by atoms with Crippen LogP contribution in [0.25, 0.3) is 0 Å². The molecule has 3 atom stereocenters. The highest BCUT2D eigenvalue weighted by Crippen LogP contribution is 2.35. The minimum atomic E-state index is -0.822. The van der Waals surface area contributed by atoms with Gasteiger partial charge in [-0.15, -0.1) is 0 Å². The molecular formula is C12H19NO3. The summed E-state index contributed by atoms with van der Waals surface area (Å²) >= 11 is 0. The molecule has 0 aromatic rings. The van der Waals surface area contributed by atoms with Crippen LogP contribution in [0, 0.1) is 17.8 Å². The molecule has 2 saturated carbocycles. The van der Waals surface area contributed by atoms with Crippen molar-refractivity contribution in [3.05, 3.63) is 0 Å². The summed E-state index contributed by atoms with van der Waals surface area (Å²) in [7, 11) is 0. The van der Waals surface area contributed by atoms with Crippen molar-refractivity contribution in [2.75, 3.05) is 0 Å². The van der Waals surface area contributed by atoms with Gasteiger partial charge in [-0.25, -0.2) is 0 Å². The van der Waals surface area contributed by atoms with Crippen LogP contribution in [0.1, 0.15) is 39.0 Å². The quantitative estimate of drug-likeness (QED) is 0.760. The van der Waals surface area contributed by atoms with Crippen LogP contribution in [0.4, 0.5) is 0 Å². The zero-order chi connectivity index (χ0) is 11.7. The molecule has 2 N–H and O–H groups in total. The summed E-state index contributed by atoms with van der Waals surface area (Å²) in [5.41, 5.74) is 0. The SMILES string of the molecule is CC(NC(=O)[C@@H]1CCC[C@@H]1C(=O)O)C1CC1. The van der Waals surface area contributed by atoms with E-state index < -0.39 is 11.9 Å². The lowest BCUT2D eigenvalue weighted by Gasteiger charge is -2.19. The zero-order valence-electron chi connectivity index (χ0n) is 9.61. The summed E-state index contributed by atoms with van der Waals surface area (Å²) in [5, 5.41) is 12.0. The predicted octanol–water partition coefficient (Wildman–Crippen LogP) is 1.40. The third-order valence-electron chi connectivity index (χ3n) is 3.87. The lowest BCUT2D eigenvalue weighted by Crippen LogP contribution is -2.40. The fourth-order valence-electron chi connectivity index (χ4n) is 2.61. The number of carboxylic acid groups (broad SMARTS) is 1. The highest BCUT2D eigenvalue weighted by Gasteiger charge is 2.39. The van der Waals surface area contributed by atoms with Gasteiger partial charge in [0.15, 0.2) is 0 Å². The van der Waals surface area contributed by atoms with E-state index in [0.29, 0.717) is 12.3 Å². The molecule has 2 rings (SSSR count). The van der Waals surface area contributed by atoms with Crippen LogP contribution in [0.3, 0.4) is 0 Å². The van der Waals surface area contributed by atoms with Gasteiger partial charge in [-0.1, -0.05) is 6.42 Å². The molecule has 0 aliphatic heterocycles. The Hall–Kier alpha value is -1.06. The normalized spacial score (nSPS) is 31.1. The van der Waals surface area contributed by atoms with E-state index in [-0.39, 0.29) is 17.9 Å². The monoisotopic (exact) mass is 225 g/mol. The van der Waals surface area contributed by atoms with E-state index >= 15 is 0 Å². The average Bonchev–Trinajstić information content (AvgIpc) is 2.94. The van der Waals surface area contributed by atoms with Gasteiger partial charge in [0.25, 0.3) is 0 Å². The first-order chi connectivity index (χ1) is 7.59. The first kappa shape index (κ1) is 11.4. The number of carbonyl (C=O) groups is 2. The number of hydrogen-bond acceptors (Lipinski definition) is 2. The molecule has 0 radical (unpaired) electrons. The highest BCUT2D eigenvalue weighted by atomic mass is 16.4. The number of amides is 1. The van der Waals surface area contributed by atoms with Gasteiger partial charge in [-0.05, 0) is 38.5 Å². The summed E-state index contributed by atoms with van der Waals surface area (Å²) in [6.07, 6.45) is 4.60. The molecule has 0 spiro atoms. The van der Waals surface area contributed by atoms with Gasteiger partial charge in [-0.3, -0.25) is 9.59 Å². The summed E-state index contributed by atoms with van der Waals surface area (Å²) < 4.78 is 0. The number of nitrogens with one attached hydrogen (secondary N) is 1. The Labute approximate surface area is 95.4 Å². The molecular weight excluding hydrogens is 206 g/mol. The minimum absolute atomic E-state index is 0.0516. The summed E-state index contributed by atoms with van der Waals surface area (Å²) in [6.45, 7) is 2.01. The molecule has 0 aromatic heterocycles. The standard InChI is InChI=1S/C12H19NO3/c1-7(8-5-6-8)13-11(14)9-3-2-4-10(9)12(15)16/h7-10H,2-6H2,1H3,(H,13,14)(H,15,16)/t7?,9-,10+/m1/s1. The second-order valence-corrected chi connectivity index (χ2v) is 5.12. The van der Waals surface area contributed by atoms with Gasteiger partial charge < -0.3 is 10.4 Å². The Morgan fingerprint density at radius 1 is 1.19 bits per heavy atom. The van der Waals surface area contributed by atoms with E-state index in [4.69, 9.17) is 5.11 Å². The highest BCUT2D eigenvalue weighted by molar-refractivity contribution is 5.85. The Morgan fingerprint density at radius 3 is 2.38 bits per heavy atom. The lowest BCUT2D eigenvalue weighted by molar-refractivity contribution is -0.146. The van der Waals surface area contributed by atoms with Crippen molar-refractivity contribution in [3.63, 3.8) is 0 Å². The van der Waals surface area contributed by atoms with Crippen LogP contribution in [-0.2, 0) is 9.59 Å². The maximum Gasteiger partial charge on any atom is 0.307 e. The molecule has 0 bridgehead atoms. The van der Waals surface area contributed by atoms with E-state index in [1.165, 1.54) is 12.8 Å². The van der Waals surface area contributed by atoms with Gasteiger partial charge in [0.05, 0.1) is 11.8 Å². The molecule has 16 heavy (non-hydrogen) atoms. The van der Waals surface area contributed by atoms with E-state index in [1.807, 2.05) is 6.92 Å². The first-order valence-electron chi connectivity index (χ1n) is 6.12. The minimum Gasteiger partial charge on any atom is -0.481 e. The van der Waals surface area contributed by atoms with Crippen molar-refractivity contribution in [2.24, 2.45) is 17.8 Å². The first-order valence-corrected chi connectivity index (χ1v) is 6.12. The molecule has 4 heteroatoms. The van der Waals surface area contributed by atoms with Crippen LogP contribution in [0.15, 0.2) is 0 Å². The van der Waals surface area contributed by atoms with Gasteiger partial charge in [-0.2, -0.15) is 0 Å². The fourth-order valence-corrected chi connectivity index (χ4v) is 2.61. The Kier molecular flexibility index (Phi) is 3.17. The molecule has 1 amide bonds. The maximum absolute atomic E-state index is 11.9. The average molecular weight is 225 g/mol. The van der Waals surface area contributed by atoms with Crippen LogP contribution in [-0.4, -0.2) is 23.0 Å². The molecule has 90 valence electrons. The molecule has 1 unspecified atom stereocenters. The van der Waals surface area contributed by atoms with Crippen LogP contribution in [0.2, 0.25) is 0 Å². The zero-order valence-corrected chi connectivity index (χ0v) is 9.61. The summed E-state index contributed by atoms with van der Waals surface area (Å²) in [5.74, 6) is -1.03. The molecule has 4 nitrogen and oxygen atoms in total. The van der Waals surface area contributed by atoms with Gasteiger partial charge in [0.1, 0.15) is 0 Å². The summed E-state index contributed by atoms with van der Waals surface area (Å²) in [6, 6.07) is 0.211. The molecule has 2 fully saturated rings. The lowest BCUT2D eigenvalue weighted by atomic mass is 9.95. The number of rotatable bonds is 4.